The minimum Gasteiger partial charge on any atom is -0.479 e. The molecule has 0 fully saturated rings. The van der Waals surface area contributed by atoms with E-state index in [1.54, 1.807) is 0 Å². The molecule has 0 aliphatic carbocycles. The normalized spacial score (nSPS) is 12.2. The summed E-state index contributed by atoms with van der Waals surface area (Å²) in [5.41, 5.74) is 0. The highest BCUT2D eigenvalue weighted by molar-refractivity contribution is 5.77. The summed E-state index contributed by atoms with van der Waals surface area (Å²) in [5.74, 6) is -2.17. The minimum atomic E-state index is -1.23. The van der Waals surface area contributed by atoms with Crippen LogP contribution in [0.1, 0.15) is 6.92 Å². The van der Waals surface area contributed by atoms with Crippen LogP contribution in [-0.4, -0.2) is 34.9 Å². The molecule has 0 rings (SSSR count). The van der Waals surface area contributed by atoms with Crippen LogP contribution in [0.15, 0.2) is 0 Å². The maximum Gasteiger partial charge on any atom is 0.344 e. The summed E-state index contributed by atoms with van der Waals surface area (Å²) in [7, 11) is 0. The molecule has 0 saturated heterocycles. The van der Waals surface area contributed by atoms with E-state index in [4.69, 9.17) is 10.2 Å². The van der Waals surface area contributed by atoms with E-state index in [-0.39, 0.29) is 0 Å². The minimum absolute atomic E-state index is 0.794. The highest BCUT2D eigenvalue weighted by Gasteiger charge is 2.14. The van der Waals surface area contributed by atoms with Gasteiger partial charge in [0.1, 0.15) is 6.61 Å². The second kappa shape index (κ2) is 3.84. The van der Waals surface area contributed by atoms with Crippen LogP contribution in [0.5, 0.6) is 0 Å². The summed E-state index contributed by atoms with van der Waals surface area (Å²) in [6, 6.07) is 0. The number of aliphatic hydroxyl groups excluding tert-OH is 1. The van der Waals surface area contributed by atoms with Gasteiger partial charge in [0.15, 0.2) is 6.10 Å². The van der Waals surface area contributed by atoms with Crippen molar-refractivity contribution in [3.63, 3.8) is 0 Å². The Kier molecular flexibility index (Phi) is 3.42. The highest BCUT2D eigenvalue weighted by Crippen LogP contribution is 1.89. The van der Waals surface area contributed by atoms with Gasteiger partial charge in [0, 0.05) is 0 Å². The van der Waals surface area contributed by atoms with E-state index in [1.807, 2.05) is 0 Å². The quantitative estimate of drug-likeness (QED) is 0.501. The molecule has 0 aliphatic rings. The van der Waals surface area contributed by atoms with Crippen molar-refractivity contribution in [1.82, 2.24) is 0 Å². The first-order valence-corrected chi connectivity index (χ1v) is 2.61. The SMILES string of the molecule is CC(OC(=O)CO)C(=O)O. The van der Waals surface area contributed by atoms with Crippen LogP contribution in [0.4, 0.5) is 0 Å². The van der Waals surface area contributed by atoms with E-state index in [2.05, 4.69) is 4.74 Å². The average molecular weight is 148 g/mol. The van der Waals surface area contributed by atoms with Gasteiger partial charge >= 0.3 is 11.9 Å². The maximum atomic E-state index is 10.2. The zero-order valence-electron chi connectivity index (χ0n) is 5.40. The lowest BCUT2D eigenvalue weighted by Gasteiger charge is -2.05. The Balaban J connectivity index is 3.68. The number of hydrogen-bond acceptors (Lipinski definition) is 4. The summed E-state index contributed by atoms with van der Waals surface area (Å²) in [6.07, 6.45) is -1.19. The van der Waals surface area contributed by atoms with Gasteiger partial charge in [-0.15, -0.1) is 0 Å². The fourth-order valence-corrected chi connectivity index (χ4v) is 0.285. The van der Waals surface area contributed by atoms with E-state index in [9.17, 15) is 9.59 Å². The molecular formula is C5H8O5. The zero-order valence-corrected chi connectivity index (χ0v) is 5.40. The molecule has 0 bridgehead atoms. The molecule has 2 N–H and O–H groups in total. The van der Waals surface area contributed by atoms with Crippen LogP contribution in [0.25, 0.3) is 0 Å². The number of aliphatic hydroxyl groups is 1. The number of esters is 1. The zero-order chi connectivity index (χ0) is 8.15. The summed E-state index contributed by atoms with van der Waals surface area (Å²) in [5, 5.41) is 16.3. The summed E-state index contributed by atoms with van der Waals surface area (Å²) < 4.78 is 4.17. The molecular weight excluding hydrogens is 140 g/mol. The molecule has 0 aromatic carbocycles. The van der Waals surface area contributed by atoms with Crippen molar-refractivity contribution in [3.8, 4) is 0 Å². The predicted molar refractivity (Wildman–Crippen MR) is 30.3 cm³/mol. The Bertz CT molecular complexity index is 141. The van der Waals surface area contributed by atoms with Crippen molar-refractivity contribution in [3.05, 3.63) is 0 Å². The number of carbonyl (C=O) groups is 2. The number of hydrogen-bond donors (Lipinski definition) is 2. The molecule has 1 unspecified atom stereocenters. The van der Waals surface area contributed by atoms with E-state index < -0.39 is 24.6 Å². The third-order valence-corrected chi connectivity index (χ3v) is 0.785. The van der Waals surface area contributed by atoms with Gasteiger partial charge in [-0.1, -0.05) is 0 Å². The lowest BCUT2D eigenvalue weighted by Crippen LogP contribution is -2.24. The van der Waals surface area contributed by atoms with Gasteiger partial charge in [-0.05, 0) is 6.92 Å². The third kappa shape index (κ3) is 3.03. The van der Waals surface area contributed by atoms with Crippen LogP contribution in [-0.2, 0) is 14.3 Å². The van der Waals surface area contributed by atoms with Crippen molar-refractivity contribution in [2.24, 2.45) is 0 Å². The highest BCUT2D eigenvalue weighted by atomic mass is 16.6. The number of carbonyl (C=O) groups excluding carboxylic acids is 1. The van der Waals surface area contributed by atoms with Crippen LogP contribution >= 0.6 is 0 Å². The summed E-state index contributed by atoms with van der Waals surface area (Å²) >= 11 is 0. The molecule has 10 heavy (non-hydrogen) atoms. The maximum absolute atomic E-state index is 10.2. The molecule has 0 radical (unpaired) electrons. The Morgan fingerprint density at radius 3 is 2.40 bits per heavy atom. The average Bonchev–Trinajstić information content (AvgIpc) is 1.87. The second-order valence-electron chi connectivity index (χ2n) is 1.63. The summed E-state index contributed by atoms with van der Waals surface area (Å²) in [4.78, 5) is 20.2. The molecule has 1 atom stereocenters. The fourth-order valence-electron chi connectivity index (χ4n) is 0.285. The molecule has 58 valence electrons. The molecule has 0 aromatic heterocycles. The molecule has 0 aromatic rings. The van der Waals surface area contributed by atoms with Crippen LogP contribution in [0, 0.1) is 0 Å². The van der Waals surface area contributed by atoms with E-state index in [0.717, 1.165) is 0 Å². The van der Waals surface area contributed by atoms with Crippen LogP contribution in [0.3, 0.4) is 0 Å². The van der Waals surface area contributed by atoms with Gasteiger partial charge in [0.2, 0.25) is 0 Å². The molecule has 0 aliphatic heterocycles. The Morgan fingerprint density at radius 1 is 1.60 bits per heavy atom. The second-order valence-corrected chi connectivity index (χ2v) is 1.63. The van der Waals surface area contributed by atoms with E-state index >= 15 is 0 Å². The number of carboxylic acids is 1. The molecule has 0 heterocycles. The van der Waals surface area contributed by atoms with Crippen molar-refractivity contribution in [1.29, 1.82) is 0 Å². The first-order valence-electron chi connectivity index (χ1n) is 2.61. The first-order chi connectivity index (χ1) is 4.57. The van der Waals surface area contributed by atoms with E-state index in [0.29, 0.717) is 0 Å². The number of carboxylic acid groups (broad SMARTS) is 1. The lowest BCUT2D eigenvalue weighted by molar-refractivity contribution is -0.164. The van der Waals surface area contributed by atoms with Crippen LogP contribution in [0.2, 0.25) is 0 Å². The van der Waals surface area contributed by atoms with Gasteiger partial charge in [-0.25, -0.2) is 9.59 Å². The van der Waals surface area contributed by atoms with Crippen molar-refractivity contribution in [2.45, 2.75) is 13.0 Å². The molecule has 0 spiro atoms. The largest absolute Gasteiger partial charge is 0.479 e. The Labute approximate surface area is 57.2 Å². The summed E-state index contributed by atoms with van der Waals surface area (Å²) in [6.45, 7) is 0.410. The Hall–Kier alpha value is -1.10. The van der Waals surface area contributed by atoms with Gasteiger partial charge in [-0.2, -0.15) is 0 Å². The first kappa shape index (κ1) is 8.90. The van der Waals surface area contributed by atoms with Crippen molar-refractivity contribution >= 4 is 11.9 Å². The van der Waals surface area contributed by atoms with Gasteiger partial charge in [-0.3, -0.25) is 0 Å². The van der Waals surface area contributed by atoms with Gasteiger partial charge in [0.25, 0.3) is 0 Å². The fraction of sp³-hybridized carbons (Fsp3) is 0.600. The topological polar surface area (TPSA) is 83.8 Å². The molecule has 5 nitrogen and oxygen atoms in total. The molecule has 0 amide bonds. The van der Waals surface area contributed by atoms with Gasteiger partial charge in [0.05, 0.1) is 0 Å². The van der Waals surface area contributed by atoms with Crippen molar-refractivity contribution < 1.29 is 24.5 Å². The number of ether oxygens (including phenoxy) is 1. The standard InChI is InChI=1S/C5H8O5/c1-3(5(8)9)10-4(7)2-6/h3,6H,2H2,1H3,(H,8,9). The van der Waals surface area contributed by atoms with Crippen molar-refractivity contribution in [2.75, 3.05) is 6.61 Å². The van der Waals surface area contributed by atoms with Gasteiger partial charge < -0.3 is 14.9 Å². The predicted octanol–water partition coefficient (Wildman–Crippen LogP) is -1.01. The monoisotopic (exact) mass is 148 g/mol. The van der Waals surface area contributed by atoms with Crippen LogP contribution < -0.4 is 0 Å². The smallest absolute Gasteiger partial charge is 0.344 e. The molecule has 5 heteroatoms. The third-order valence-electron chi connectivity index (χ3n) is 0.785. The van der Waals surface area contributed by atoms with E-state index in [1.165, 1.54) is 6.92 Å². The Morgan fingerprint density at radius 2 is 2.10 bits per heavy atom. The molecule has 0 saturated carbocycles. The lowest BCUT2D eigenvalue weighted by atomic mass is 10.4. The number of aliphatic carboxylic acids is 1. The number of rotatable bonds is 3.